The quantitative estimate of drug-likeness (QED) is 0.295. The van der Waals surface area contributed by atoms with E-state index in [0.717, 1.165) is 34.0 Å². The van der Waals surface area contributed by atoms with Crippen molar-refractivity contribution < 1.29 is 12.8 Å². The van der Waals surface area contributed by atoms with E-state index in [1.165, 1.54) is 12.1 Å². The second kappa shape index (κ2) is 9.08. The predicted molar refractivity (Wildman–Crippen MR) is 142 cm³/mol. The molecule has 38 heavy (non-hydrogen) atoms. The van der Waals surface area contributed by atoms with Crippen LogP contribution in [0.25, 0.3) is 56.0 Å². The summed E-state index contributed by atoms with van der Waals surface area (Å²) in [6, 6.07) is 9.97. The Morgan fingerprint density at radius 1 is 1.00 bits per heavy atom. The summed E-state index contributed by atoms with van der Waals surface area (Å²) in [7, 11) is -3.43. The van der Waals surface area contributed by atoms with Gasteiger partial charge in [-0.05, 0) is 54.4 Å². The van der Waals surface area contributed by atoms with Gasteiger partial charge in [-0.2, -0.15) is 5.10 Å². The minimum Gasteiger partial charge on any atom is -0.336 e. The van der Waals surface area contributed by atoms with Gasteiger partial charge in [0.25, 0.3) is 0 Å². The van der Waals surface area contributed by atoms with Crippen LogP contribution in [0.3, 0.4) is 0 Å². The molecule has 0 unspecified atom stereocenters. The molecule has 0 aliphatic heterocycles. The molecular weight excluding hydrogens is 507 g/mol. The number of aryl methyl sites for hydroxylation is 1. The van der Waals surface area contributed by atoms with Gasteiger partial charge in [0.1, 0.15) is 17.0 Å². The number of pyridine rings is 3. The van der Waals surface area contributed by atoms with Crippen molar-refractivity contribution in [2.24, 2.45) is 0 Å². The number of H-pyrrole nitrogens is 2. The topological polar surface area (TPSA) is 142 Å². The number of hydrogen-bond donors (Lipinski definition) is 3. The lowest BCUT2D eigenvalue weighted by atomic mass is 10.1. The van der Waals surface area contributed by atoms with Crippen LogP contribution in [0.5, 0.6) is 0 Å². The molecule has 0 aliphatic rings. The molecule has 0 spiro atoms. The van der Waals surface area contributed by atoms with Gasteiger partial charge in [-0.3, -0.25) is 20.1 Å². The lowest BCUT2D eigenvalue weighted by Gasteiger charge is -2.07. The zero-order valence-electron chi connectivity index (χ0n) is 20.3. The molecular formula is C26H21FN8O2S. The van der Waals surface area contributed by atoms with Gasteiger partial charge in [0.2, 0.25) is 10.0 Å². The summed E-state index contributed by atoms with van der Waals surface area (Å²) in [6.45, 7) is 1.96. The van der Waals surface area contributed by atoms with Crippen LogP contribution in [-0.4, -0.2) is 49.8 Å². The van der Waals surface area contributed by atoms with Gasteiger partial charge in [0, 0.05) is 41.6 Å². The number of aromatic amines is 2. The monoisotopic (exact) mass is 528 g/mol. The van der Waals surface area contributed by atoms with Gasteiger partial charge < -0.3 is 4.98 Å². The fraction of sp³-hybridized carbons (Fsp3) is 0.115. The highest BCUT2D eigenvalue weighted by Gasteiger charge is 2.18. The maximum Gasteiger partial charge on any atom is 0.209 e. The molecule has 0 atom stereocenters. The van der Waals surface area contributed by atoms with Crippen molar-refractivity contribution in [1.29, 1.82) is 0 Å². The van der Waals surface area contributed by atoms with E-state index in [4.69, 9.17) is 4.98 Å². The van der Waals surface area contributed by atoms with Crippen LogP contribution in [0.1, 0.15) is 11.1 Å². The van der Waals surface area contributed by atoms with Crippen LogP contribution >= 0.6 is 0 Å². The Hall–Kier alpha value is -4.55. The zero-order valence-corrected chi connectivity index (χ0v) is 21.1. The maximum absolute atomic E-state index is 14.5. The van der Waals surface area contributed by atoms with E-state index in [1.54, 1.807) is 36.9 Å². The Labute approximate surface area is 216 Å². The van der Waals surface area contributed by atoms with E-state index in [2.05, 4.69) is 34.9 Å². The van der Waals surface area contributed by atoms with Gasteiger partial charge in [0.05, 0.1) is 34.9 Å². The number of fused-ring (bicyclic) bond motifs is 2. The fourth-order valence-electron chi connectivity index (χ4n) is 4.34. The van der Waals surface area contributed by atoms with E-state index in [1.807, 2.05) is 19.1 Å². The third-order valence-electron chi connectivity index (χ3n) is 6.16. The van der Waals surface area contributed by atoms with E-state index in [9.17, 15) is 12.8 Å². The normalized spacial score (nSPS) is 12.0. The van der Waals surface area contributed by atoms with Gasteiger partial charge in [-0.25, -0.2) is 22.5 Å². The van der Waals surface area contributed by atoms with E-state index < -0.39 is 15.8 Å². The van der Waals surface area contributed by atoms with Crippen molar-refractivity contribution in [2.75, 3.05) is 6.26 Å². The number of benzene rings is 1. The highest BCUT2D eigenvalue weighted by molar-refractivity contribution is 7.88. The summed E-state index contributed by atoms with van der Waals surface area (Å²) in [6.07, 6.45) is 7.90. The molecule has 10 nitrogen and oxygen atoms in total. The third-order valence-corrected chi connectivity index (χ3v) is 6.83. The summed E-state index contributed by atoms with van der Waals surface area (Å²) >= 11 is 0. The van der Waals surface area contributed by atoms with Crippen molar-refractivity contribution in [1.82, 2.24) is 39.8 Å². The first-order valence-corrected chi connectivity index (χ1v) is 13.5. The smallest absolute Gasteiger partial charge is 0.209 e. The minimum absolute atomic E-state index is 0.0442. The summed E-state index contributed by atoms with van der Waals surface area (Å²) in [5, 5.41) is 8.30. The molecule has 6 rings (SSSR count). The Kier molecular flexibility index (Phi) is 5.69. The van der Waals surface area contributed by atoms with Crippen LogP contribution in [0.15, 0.2) is 61.2 Å². The predicted octanol–water partition coefficient (Wildman–Crippen LogP) is 4.12. The molecule has 0 radical (unpaired) electrons. The van der Waals surface area contributed by atoms with Crippen molar-refractivity contribution >= 4 is 32.0 Å². The van der Waals surface area contributed by atoms with Crippen molar-refractivity contribution in [3.05, 3.63) is 78.1 Å². The summed E-state index contributed by atoms with van der Waals surface area (Å²) in [5.74, 6) is 0.00214. The second-order valence-corrected chi connectivity index (χ2v) is 10.8. The molecule has 0 bridgehead atoms. The molecule has 1 aromatic carbocycles. The van der Waals surface area contributed by atoms with E-state index in [-0.39, 0.29) is 6.54 Å². The lowest BCUT2D eigenvalue weighted by Crippen LogP contribution is -2.21. The maximum atomic E-state index is 14.5. The van der Waals surface area contributed by atoms with Crippen molar-refractivity contribution in [2.45, 2.75) is 13.5 Å². The number of hydrogen-bond acceptors (Lipinski definition) is 7. The minimum atomic E-state index is -3.43. The molecule has 5 aromatic heterocycles. The van der Waals surface area contributed by atoms with Crippen LogP contribution in [0.2, 0.25) is 0 Å². The average molecular weight is 529 g/mol. The summed E-state index contributed by atoms with van der Waals surface area (Å²) < 4.78 is 39.9. The Bertz CT molecular complexity index is 1950. The third kappa shape index (κ3) is 4.51. The standard InChI is InChI=1S/C26H21FN8O2S/c1-14-3-5-28-12-19(14)21-10-18-22(13-30-21)34-35-24(18)26-32-20-4-6-29-23(25(20)33-26)16-7-15(8-17(27)9-16)11-31-38(2,36)37/h3-10,12-13,31H,11H2,1-2H3,(H,32,33)(H,34,35). The number of aromatic nitrogens is 7. The summed E-state index contributed by atoms with van der Waals surface area (Å²) in [4.78, 5) is 21.3. The first-order chi connectivity index (χ1) is 18.2. The number of imidazole rings is 1. The fourth-order valence-corrected chi connectivity index (χ4v) is 4.77. The number of sulfonamides is 1. The van der Waals surface area contributed by atoms with E-state index >= 15 is 0 Å². The van der Waals surface area contributed by atoms with Gasteiger partial charge in [0.15, 0.2) is 5.82 Å². The molecule has 0 aliphatic carbocycles. The molecule has 6 aromatic rings. The first-order valence-electron chi connectivity index (χ1n) is 11.6. The Balaban J connectivity index is 1.44. The van der Waals surface area contributed by atoms with Crippen LogP contribution in [0.4, 0.5) is 4.39 Å². The van der Waals surface area contributed by atoms with Crippen molar-refractivity contribution in [3.63, 3.8) is 0 Å². The van der Waals surface area contributed by atoms with Crippen LogP contribution in [0, 0.1) is 12.7 Å². The highest BCUT2D eigenvalue weighted by atomic mass is 32.2. The molecule has 0 amide bonds. The zero-order chi connectivity index (χ0) is 26.4. The van der Waals surface area contributed by atoms with Crippen LogP contribution in [-0.2, 0) is 16.6 Å². The van der Waals surface area contributed by atoms with Gasteiger partial charge in [-0.15, -0.1) is 0 Å². The van der Waals surface area contributed by atoms with Gasteiger partial charge >= 0.3 is 0 Å². The molecule has 0 saturated carbocycles. The average Bonchev–Trinajstić information content (AvgIpc) is 3.50. The summed E-state index contributed by atoms with van der Waals surface area (Å²) in [5.41, 5.74) is 6.71. The molecule has 5 heterocycles. The van der Waals surface area contributed by atoms with E-state index in [0.29, 0.717) is 39.4 Å². The van der Waals surface area contributed by atoms with Crippen molar-refractivity contribution in [3.8, 4) is 34.0 Å². The first kappa shape index (κ1) is 23.8. The number of halogens is 1. The largest absolute Gasteiger partial charge is 0.336 e. The highest BCUT2D eigenvalue weighted by Crippen LogP contribution is 2.32. The molecule has 0 fully saturated rings. The Morgan fingerprint density at radius 3 is 2.68 bits per heavy atom. The Morgan fingerprint density at radius 2 is 1.87 bits per heavy atom. The van der Waals surface area contributed by atoms with Crippen LogP contribution < -0.4 is 4.72 Å². The molecule has 0 saturated heterocycles. The van der Waals surface area contributed by atoms with Gasteiger partial charge in [-0.1, -0.05) is 0 Å². The molecule has 3 N–H and O–H groups in total. The lowest BCUT2D eigenvalue weighted by molar-refractivity contribution is 0.586. The SMILES string of the molecule is Cc1ccncc1-c1cc2c(-c3nc4c(-c5cc(F)cc(CNS(C)(=O)=O)c5)nccc4[nH]3)n[nH]c2cn1. The second-order valence-electron chi connectivity index (χ2n) is 8.96. The number of nitrogens with zero attached hydrogens (tertiary/aromatic N) is 5. The molecule has 12 heteroatoms. The number of rotatable bonds is 6. The molecule has 190 valence electrons. The number of nitrogens with one attached hydrogen (secondary N) is 3.